The SMILES string of the molecule is O=C(Cc1cccnc1)C1CSCCS1. The number of Topliss-reactive ketones (excluding diaryl/α,β-unsaturated/α-hetero) is 1. The van der Waals surface area contributed by atoms with E-state index in [1.165, 1.54) is 5.75 Å². The molecule has 0 N–H and O–H groups in total. The average Bonchev–Trinajstić information content (AvgIpc) is 2.31. The Kier molecular flexibility index (Phi) is 4.09. The Morgan fingerprint density at radius 2 is 2.47 bits per heavy atom. The molecule has 1 aliphatic heterocycles. The summed E-state index contributed by atoms with van der Waals surface area (Å²) in [5, 5.41) is 0.198. The molecular weight excluding hydrogens is 226 g/mol. The fourth-order valence-corrected chi connectivity index (χ4v) is 4.14. The number of carbonyl (C=O) groups is 1. The quantitative estimate of drug-likeness (QED) is 0.807. The van der Waals surface area contributed by atoms with Gasteiger partial charge in [0.25, 0.3) is 0 Å². The molecule has 1 unspecified atom stereocenters. The standard InChI is InChI=1S/C11H13NOS2/c13-10(11-8-14-4-5-15-11)6-9-2-1-3-12-7-9/h1-3,7,11H,4-6,8H2. The summed E-state index contributed by atoms with van der Waals surface area (Å²) in [5.41, 5.74) is 1.03. The van der Waals surface area contributed by atoms with Crippen LogP contribution in [0, 0.1) is 0 Å². The number of ketones is 1. The van der Waals surface area contributed by atoms with E-state index in [-0.39, 0.29) is 5.25 Å². The van der Waals surface area contributed by atoms with Gasteiger partial charge in [-0.25, -0.2) is 0 Å². The van der Waals surface area contributed by atoms with Gasteiger partial charge in [0.1, 0.15) is 0 Å². The monoisotopic (exact) mass is 239 g/mol. The number of rotatable bonds is 3. The Labute approximate surface area is 98.2 Å². The molecule has 4 heteroatoms. The van der Waals surface area contributed by atoms with Gasteiger partial charge in [-0.15, -0.1) is 11.8 Å². The minimum absolute atomic E-state index is 0.198. The van der Waals surface area contributed by atoms with Crippen LogP contribution in [0.2, 0.25) is 0 Å². The minimum atomic E-state index is 0.198. The van der Waals surface area contributed by atoms with E-state index in [2.05, 4.69) is 4.98 Å². The summed E-state index contributed by atoms with van der Waals surface area (Å²) in [7, 11) is 0. The Bertz CT molecular complexity index is 323. The molecule has 2 heterocycles. The van der Waals surface area contributed by atoms with Crippen molar-refractivity contribution in [3.8, 4) is 0 Å². The predicted molar refractivity (Wildman–Crippen MR) is 66.5 cm³/mol. The average molecular weight is 239 g/mol. The van der Waals surface area contributed by atoms with Gasteiger partial charge in [0.2, 0.25) is 0 Å². The molecule has 2 nitrogen and oxygen atoms in total. The topological polar surface area (TPSA) is 30.0 Å². The number of carbonyl (C=O) groups excluding carboxylic acids is 1. The van der Waals surface area contributed by atoms with Crippen molar-refractivity contribution in [3.05, 3.63) is 30.1 Å². The third-order valence-corrected chi connectivity index (χ3v) is 5.08. The van der Waals surface area contributed by atoms with E-state index in [0.717, 1.165) is 17.1 Å². The number of pyridine rings is 1. The lowest BCUT2D eigenvalue weighted by molar-refractivity contribution is -0.117. The van der Waals surface area contributed by atoms with Crippen molar-refractivity contribution in [1.29, 1.82) is 0 Å². The molecule has 1 fully saturated rings. The summed E-state index contributed by atoms with van der Waals surface area (Å²) in [4.78, 5) is 15.9. The number of nitrogens with zero attached hydrogens (tertiary/aromatic N) is 1. The van der Waals surface area contributed by atoms with E-state index in [0.29, 0.717) is 12.2 Å². The van der Waals surface area contributed by atoms with Crippen molar-refractivity contribution in [1.82, 2.24) is 4.98 Å². The van der Waals surface area contributed by atoms with Crippen molar-refractivity contribution in [2.75, 3.05) is 17.3 Å². The summed E-state index contributed by atoms with van der Waals surface area (Å²) < 4.78 is 0. The van der Waals surface area contributed by atoms with Crippen LogP contribution in [0.1, 0.15) is 5.56 Å². The predicted octanol–water partition coefficient (Wildman–Crippen LogP) is 2.04. The molecule has 0 bridgehead atoms. The van der Waals surface area contributed by atoms with Gasteiger partial charge < -0.3 is 0 Å². The van der Waals surface area contributed by atoms with Crippen LogP contribution in [0.15, 0.2) is 24.5 Å². The highest BCUT2D eigenvalue weighted by atomic mass is 32.2. The molecule has 0 saturated carbocycles. The fourth-order valence-electron chi connectivity index (χ4n) is 1.49. The van der Waals surface area contributed by atoms with Gasteiger partial charge in [-0.3, -0.25) is 9.78 Å². The highest BCUT2D eigenvalue weighted by molar-refractivity contribution is 8.07. The maximum absolute atomic E-state index is 11.9. The Morgan fingerprint density at radius 1 is 1.53 bits per heavy atom. The van der Waals surface area contributed by atoms with Crippen LogP contribution in [-0.4, -0.2) is 33.3 Å². The van der Waals surface area contributed by atoms with Crippen LogP contribution in [0.4, 0.5) is 0 Å². The first-order valence-electron chi connectivity index (χ1n) is 4.97. The van der Waals surface area contributed by atoms with Gasteiger partial charge in [0.05, 0.1) is 5.25 Å². The first-order valence-corrected chi connectivity index (χ1v) is 7.17. The van der Waals surface area contributed by atoms with Gasteiger partial charge in [-0.2, -0.15) is 11.8 Å². The van der Waals surface area contributed by atoms with E-state index in [4.69, 9.17) is 0 Å². The second-order valence-electron chi connectivity index (χ2n) is 3.44. The molecule has 80 valence electrons. The largest absolute Gasteiger partial charge is 0.298 e. The van der Waals surface area contributed by atoms with Crippen molar-refractivity contribution in [2.24, 2.45) is 0 Å². The zero-order valence-electron chi connectivity index (χ0n) is 8.39. The summed E-state index contributed by atoms with van der Waals surface area (Å²) in [6, 6.07) is 3.84. The Hall–Kier alpha value is -0.480. The summed E-state index contributed by atoms with van der Waals surface area (Å²) in [6.45, 7) is 0. The zero-order chi connectivity index (χ0) is 10.5. The molecule has 0 amide bonds. The smallest absolute Gasteiger partial charge is 0.151 e. The number of thioether (sulfide) groups is 2. The normalized spacial score (nSPS) is 21.2. The molecule has 1 aromatic rings. The Morgan fingerprint density at radius 3 is 3.13 bits per heavy atom. The summed E-state index contributed by atoms with van der Waals surface area (Å²) in [6.07, 6.45) is 4.05. The second-order valence-corrected chi connectivity index (χ2v) is 5.90. The van der Waals surface area contributed by atoms with Crippen LogP contribution >= 0.6 is 23.5 Å². The van der Waals surface area contributed by atoms with Crippen molar-refractivity contribution < 1.29 is 4.79 Å². The van der Waals surface area contributed by atoms with Crippen LogP contribution < -0.4 is 0 Å². The second kappa shape index (κ2) is 5.56. The van der Waals surface area contributed by atoms with Gasteiger partial charge in [-0.1, -0.05) is 6.07 Å². The lowest BCUT2D eigenvalue weighted by atomic mass is 10.1. The summed E-state index contributed by atoms with van der Waals surface area (Å²) in [5.74, 6) is 3.61. The zero-order valence-corrected chi connectivity index (χ0v) is 10.0. The highest BCUT2D eigenvalue weighted by Crippen LogP contribution is 2.25. The summed E-state index contributed by atoms with van der Waals surface area (Å²) >= 11 is 3.68. The molecule has 15 heavy (non-hydrogen) atoms. The van der Waals surface area contributed by atoms with E-state index in [1.807, 2.05) is 23.9 Å². The number of hydrogen-bond donors (Lipinski definition) is 0. The van der Waals surface area contributed by atoms with E-state index >= 15 is 0 Å². The van der Waals surface area contributed by atoms with E-state index < -0.39 is 0 Å². The maximum atomic E-state index is 11.9. The van der Waals surface area contributed by atoms with Crippen molar-refractivity contribution in [2.45, 2.75) is 11.7 Å². The molecule has 1 saturated heterocycles. The first kappa shape index (κ1) is 11.0. The molecule has 1 atom stereocenters. The molecule has 0 spiro atoms. The minimum Gasteiger partial charge on any atom is -0.298 e. The third-order valence-electron chi connectivity index (χ3n) is 2.28. The fraction of sp³-hybridized carbons (Fsp3) is 0.455. The van der Waals surface area contributed by atoms with Gasteiger partial charge >= 0.3 is 0 Å². The molecule has 0 aromatic carbocycles. The third kappa shape index (κ3) is 3.24. The molecular formula is C11H13NOS2. The molecule has 0 radical (unpaired) electrons. The number of hydrogen-bond acceptors (Lipinski definition) is 4. The van der Waals surface area contributed by atoms with Crippen LogP contribution in [-0.2, 0) is 11.2 Å². The highest BCUT2D eigenvalue weighted by Gasteiger charge is 2.21. The van der Waals surface area contributed by atoms with Crippen LogP contribution in [0.25, 0.3) is 0 Å². The van der Waals surface area contributed by atoms with E-state index in [1.54, 1.807) is 24.2 Å². The van der Waals surface area contributed by atoms with Crippen molar-refractivity contribution >= 4 is 29.3 Å². The number of aromatic nitrogens is 1. The first-order chi connectivity index (χ1) is 7.36. The van der Waals surface area contributed by atoms with Gasteiger partial charge in [0, 0.05) is 36.1 Å². The molecule has 1 aliphatic rings. The van der Waals surface area contributed by atoms with Crippen molar-refractivity contribution in [3.63, 3.8) is 0 Å². The van der Waals surface area contributed by atoms with Crippen LogP contribution in [0.5, 0.6) is 0 Å². The Balaban J connectivity index is 1.91. The molecule has 1 aromatic heterocycles. The van der Waals surface area contributed by atoms with Gasteiger partial charge in [-0.05, 0) is 11.6 Å². The molecule has 2 rings (SSSR count). The maximum Gasteiger partial charge on any atom is 0.151 e. The lowest BCUT2D eigenvalue weighted by Crippen LogP contribution is -2.25. The van der Waals surface area contributed by atoms with Crippen LogP contribution in [0.3, 0.4) is 0 Å². The van der Waals surface area contributed by atoms with Gasteiger partial charge in [0.15, 0.2) is 5.78 Å². The van der Waals surface area contributed by atoms with E-state index in [9.17, 15) is 4.79 Å². The molecule has 0 aliphatic carbocycles. The lowest BCUT2D eigenvalue weighted by Gasteiger charge is -2.19.